The molecule has 0 aliphatic rings. The van der Waals surface area contributed by atoms with Gasteiger partial charge < -0.3 is 5.32 Å². The van der Waals surface area contributed by atoms with Crippen molar-refractivity contribution in [3.63, 3.8) is 0 Å². The highest BCUT2D eigenvalue weighted by Crippen LogP contribution is 2.27. The fourth-order valence-electron chi connectivity index (χ4n) is 3.84. The molecule has 1 N–H and O–H groups in total. The molecule has 0 aliphatic heterocycles. The van der Waals surface area contributed by atoms with Crippen molar-refractivity contribution in [3.05, 3.63) is 65.2 Å². The van der Waals surface area contributed by atoms with E-state index >= 15 is 0 Å². The molecule has 0 radical (unpaired) electrons. The third kappa shape index (κ3) is 6.33. The van der Waals surface area contributed by atoms with Crippen LogP contribution in [0.2, 0.25) is 0 Å². The maximum absolute atomic E-state index is 13.4. The van der Waals surface area contributed by atoms with Crippen LogP contribution in [0.3, 0.4) is 0 Å². The molecule has 6 heteroatoms. The van der Waals surface area contributed by atoms with Crippen molar-refractivity contribution in [2.45, 2.75) is 59.5 Å². The van der Waals surface area contributed by atoms with E-state index in [1.807, 2.05) is 69.3 Å². The number of rotatable bonds is 9. The quantitative estimate of drug-likeness (QED) is 0.624. The molecule has 30 heavy (non-hydrogen) atoms. The van der Waals surface area contributed by atoms with Gasteiger partial charge in [-0.25, -0.2) is 8.42 Å². The van der Waals surface area contributed by atoms with Crippen LogP contribution in [0.5, 0.6) is 0 Å². The third-order valence-corrected chi connectivity index (χ3v) is 6.20. The lowest BCUT2D eigenvalue weighted by Crippen LogP contribution is -2.50. The predicted molar refractivity (Wildman–Crippen MR) is 124 cm³/mol. The summed E-state index contributed by atoms with van der Waals surface area (Å²) in [4.78, 5) is 13.4. The molecule has 0 aliphatic carbocycles. The minimum absolute atomic E-state index is 0.173. The van der Waals surface area contributed by atoms with Crippen LogP contribution in [0, 0.1) is 19.8 Å². The lowest BCUT2D eigenvalue weighted by Gasteiger charge is -2.32. The van der Waals surface area contributed by atoms with Gasteiger partial charge in [0.1, 0.15) is 6.04 Å². The number of aryl methyl sites for hydroxylation is 2. The van der Waals surface area contributed by atoms with E-state index in [1.165, 1.54) is 4.31 Å². The Morgan fingerprint density at radius 3 is 2.07 bits per heavy atom. The molecule has 0 saturated heterocycles. The summed E-state index contributed by atoms with van der Waals surface area (Å²) in [6.07, 6.45) is 2.30. The van der Waals surface area contributed by atoms with Crippen LogP contribution < -0.4 is 9.62 Å². The van der Waals surface area contributed by atoms with E-state index in [4.69, 9.17) is 0 Å². The normalized spacial score (nSPS) is 13.7. The van der Waals surface area contributed by atoms with Gasteiger partial charge in [0.05, 0.1) is 18.0 Å². The number of anilines is 1. The first-order chi connectivity index (χ1) is 14.0. The predicted octanol–water partition coefficient (Wildman–Crippen LogP) is 4.75. The Bertz CT molecular complexity index is 935. The first-order valence-corrected chi connectivity index (χ1v) is 12.3. The molecule has 2 rings (SSSR count). The Morgan fingerprint density at radius 2 is 1.60 bits per heavy atom. The van der Waals surface area contributed by atoms with E-state index < -0.39 is 16.1 Å². The number of hydrogen-bond donors (Lipinski definition) is 1. The van der Waals surface area contributed by atoms with Gasteiger partial charge in [-0.05, 0) is 61.4 Å². The van der Waals surface area contributed by atoms with Crippen molar-refractivity contribution < 1.29 is 13.2 Å². The monoisotopic (exact) mass is 430 g/mol. The van der Waals surface area contributed by atoms with Crippen molar-refractivity contribution in [3.8, 4) is 0 Å². The Labute approximate surface area is 181 Å². The lowest BCUT2D eigenvalue weighted by atomic mass is 9.96. The van der Waals surface area contributed by atoms with Crippen molar-refractivity contribution in [2.75, 3.05) is 10.6 Å². The van der Waals surface area contributed by atoms with Crippen molar-refractivity contribution in [1.29, 1.82) is 0 Å². The van der Waals surface area contributed by atoms with Crippen LogP contribution in [0.4, 0.5) is 5.69 Å². The molecule has 0 aromatic heterocycles. The zero-order chi connectivity index (χ0) is 22.5. The van der Waals surface area contributed by atoms with Gasteiger partial charge in [0.25, 0.3) is 0 Å². The van der Waals surface area contributed by atoms with Crippen LogP contribution in [-0.2, 0) is 14.8 Å². The van der Waals surface area contributed by atoms with Crippen LogP contribution >= 0.6 is 0 Å². The summed E-state index contributed by atoms with van der Waals surface area (Å²) in [5, 5.41) is 3.12. The molecule has 2 atom stereocenters. The highest BCUT2D eigenvalue weighted by Gasteiger charge is 2.33. The van der Waals surface area contributed by atoms with Gasteiger partial charge in [-0.1, -0.05) is 57.2 Å². The number of hydrogen-bond acceptors (Lipinski definition) is 3. The number of nitrogens with zero attached hydrogens (tertiary/aromatic N) is 1. The van der Waals surface area contributed by atoms with Gasteiger partial charge >= 0.3 is 0 Å². The fraction of sp³-hybridized carbons (Fsp3) is 0.458. The van der Waals surface area contributed by atoms with Gasteiger partial charge in [-0.15, -0.1) is 0 Å². The first kappa shape index (κ1) is 23.9. The Morgan fingerprint density at radius 1 is 1.03 bits per heavy atom. The Hall–Kier alpha value is -2.34. The second-order valence-electron chi connectivity index (χ2n) is 8.43. The number of benzene rings is 2. The molecule has 2 aromatic rings. The van der Waals surface area contributed by atoms with Gasteiger partial charge in [0, 0.05) is 0 Å². The van der Waals surface area contributed by atoms with Crippen molar-refractivity contribution in [1.82, 2.24) is 5.32 Å². The number of sulfonamides is 1. The highest BCUT2D eigenvalue weighted by atomic mass is 32.2. The van der Waals surface area contributed by atoms with Gasteiger partial charge in [-0.2, -0.15) is 0 Å². The van der Waals surface area contributed by atoms with Crippen molar-refractivity contribution in [2.24, 2.45) is 5.92 Å². The van der Waals surface area contributed by atoms with E-state index in [0.29, 0.717) is 18.0 Å². The summed E-state index contributed by atoms with van der Waals surface area (Å²) in [7, 11) is -3.66. The minimum atomic E-state index is -3.66. The van der Waals surface area contributed by atoms with E-state index in [1.54, 1.807) is 0 Å². The van der Waals surface area contributed by atoms with E-state index in [9.17, 15) is 13.2 Å². The van der Waals surface area contributed by atoms with Crippen LogP contribution in [0.1, 0.15) is 56.3 Å². The van der Waals surface area contributed by atoms with Crippen LogP contribution in [0.25, 0.3) is 0 Å². The summed E-state index contributed by atoms with van der Waals surface area (Å²) < 4.78 is 26.7. The summed E-state index contributed by atoms with van der Waals surface area (Å²) in [6.45, 7) is 9.90. The summed E-state index contributed by atoms with van der Waals surface area (Å²) in [5.41, 5.74) is 3.45. The largest absolute Gasteiger partial charge is 0.347 e. The SMILES string of the molecule is CC[C@@H](C(=O)N[C@@H](CC(C)C)c1ccccc1)N(c1cc(C)cc(C)c1)S(C)(=O)=O. The number of amides is 1. The molecule has 0 heterocycles. The molecule has 2 aromatic carbocycles. The zero-order valence-electron chi connectivity index (χ0n) is 18.8. The van der Waals surface area contributed by atoms with Gasteiger partial charge in [0.15, 0.2) is 0 Å². The summed E-state index contributed by atoms with van der Waals surface area (Å²) in [5.74, 6) is 0.0950. The van der Waals surface area contributed by atoms with Crippen LogP contribution in [-0.4, -0.2) is 26.6 Å². The molecule has 0 bridgehead atoms. The molecular weight excluding hydrogens is 396 g/mol. The molecule has 164 valence electrons. The minimum Gasteiger partial charge on any atom is -0.347 e. The average Bonchev–Trinajstić information content (AvgIpc) is 2.63. The van der Waals surface area contributed by atoms with E-state index in [0.717, 1.165) is 29.4 Å². The molecular formula is C24H34N2O3S. The average molecular weight is 431 g/mol. The fourth-order valence-corrected chi connectivity index (χ4v) is 5.04. The third-order valence-electron chi connectivity index (χ3n) is 5.02. The van der Waals surface area contributed by atoms with E-state index in [2.05, 4.69) is 19.2 Å². The lowest BCUT2D eigenvalue weighted by molar-refractivity contribution is -0.123. The number of nitrogens with one attached hydrogen (secondary N) is 1. The molecule has 0 spiro atoms. The maximum atomic E-state index is 13.4. The first-order valence-electron chi connectivity index (χ1n) is 10.5. The highest BCUT2D eigenvalue weighted by molar-refractivity contribution is 7.92. The molecule has 0 unspecified atom stereocenters. The molecule has 0 fully saturated rings. The molecule has 1 amide bonds. The Kier molecular flexibility index (Phi) is 8.07. The molecule has 0 saturated carbocycles. The summed E-state index contributed by atoms with van der Waals surface area (Å²) >= 11 is 0. The number of carbonyl (C=O) groups is 1. The maximum Gasteiger partial charge on any atom is 0.244 e. The van der Waals surface area contributed by atoms with Gasteiger partial charge in [-0.3, -0.25) is 9.10 Å². The standard InChI is InChI=1S/C24H34N2O3S/c1-7-23(26(30(6,28)29)21-15-18(4)14-19(5)16-21)24(27)25-22(13-17(2)3)20-11-9-8-10-12-20/h8-12,14-17,22-23H,7,13H2,1-6H3,(H,25,27)/t22-,23-/m0/s1. The number of carbonyl (C=O) groups excluding carboxylic acids is 1. The molecule has 5 nitrogen and oxygen atoms in total. The summed E-state index contributed by atoms with van der Waals surface area (Å²) in [6, 6.07) is 14.4. The Balaban J connectivity index is 2.41. The second-order valence-corrected chi connectivity index (χ2v) is 10.3. The zero-order valence-corrected chi connectivity index (χ0v) is 19.7. The van der Waals surface area contributed by atoms with Crippen LogP contribution in [0.15, 0.2) is 48.5 Å². The van der Waals surface area contributed by atoms with Crippen molar-refractivity contribution >= 4 is 21.6 Å². The van der Waals surface area contributed by atoms with Gasteiger partial charge in [0.2, 0.25) is 15.9 Å². The topological polar surface area (TPSA) is 66.5 Å². The smallest absolute Gasteiger partial charge is 0.244 e. The van der Waals surface area contributed by atoms with E-state index in [-0.39, 0.29) is 11.9 Å². The second kappa shape index (κ2) is 10.1.